The molecule has 0 amide bonds. The Morgan fingerprint density at radius 3 is 2.27 bits per heavy atom. The van der Waals surface area contributed by atoms with E-state index in [1.54, 1.807) is 24.3 Å². The molecule has 0 bridgehead atoms. The minimum absolute atomic E-state index is 0.0206. The molecule has 11 heavy (non-hydrogen) atoms. The number of carbonyl (C=O) groups is 1. The van der Waals surface area contributed by atoms with Gasteiger partial charge in [-0.25, -0.2) is 9.90 Å². The Labute approximate surface area is 73.0 Å². The normalized spacial score (nSPS) is 9.55. The first-order valence-corrected chi connectivity index (χ1v) is 3.92. The zero-order valence-electron chi connectivity index (χ0n) is 5.71. The van der Waals surface area contributed by atoms with Crippen LogP contribution in [0.25, 0.3) is 0 Å². The molecule has 1 aromatic carbocycles. The molecule has 0 heterocycles. The van der Waals surface area contributed by atoms with Gasteiger partial charge in [-0.1, -0.05) is 28.1 Å². The minimum Gasteiger partial charge on any atom is -0.247 e. The molecule has 0 saturated carbocycles. The number of halogens is 1. The van der Waals surface area contributed by atoms with Crippen molar-refractivity contribution in [2.75, 3.05) is 0 Å². The van der Waals surface area contributed by atoms with Gasteiger partial charge in [-0.05, 0) is 17.7 Å². The lowest BCUT2D eigenvalue weighted by atomic mass is 10.2. The molecule has 1 aromatic rings. The van der Waals surface area contributed by atoms with E-state index >= 15 is 0 Å². The van der Waals surface area contributed by atoms with Gasteiger partial charge in [0.2, 0.25) is 0 Å². The number of benzene rings is 1. The summed E-state index contributed by atoms with van der Waals surface area (Å²) >= 11 is 3.25. The van der Waals surface area contributed by atoms with Gasteiger partial charge in [0, 0.05) is 4.47 Å². The smallest absolute Gasteiger partial charge is 0.247 e. The van der Waals surface area contributed by atoms with Crippen LogP contribution in [0, 0.1) is 0 Å². The van der Waals surface area contributed by atoms with Gasteiger partial charge in [0.25, 0.3) is 0 Å². The van der Waals surface area contributed by atoms with Gasteiger partial charge in [0.1, 0.15) is 0 Å². The summed E-state index contributed by atoms with van der Waals surface area (Å²) in [6, 6.07) is 7.11. The second kappa shape index (κ2) is 3.53. The van der Waals surface area contributed by atoms with E-state index < -0.39 is 5.97 Å². The second-order valence-electron chi connectivity index (χ2n) is 2.18. The van der Waals surface area contributed by atoms with Crippen LogP contribution >= 0.6 is 15.9 Å². The van der Waals surface area contributed by atoms with Crippen LogP contribution in [0.3, 0.4) is 0 Å². The summed E-state index contributed by atoms with van der Waals surface area (Å²) < 4.78 is 0.944. The topological polar surface area (TPSA) is 37.0 Å². The van der Waals surface area contributed by atoms with Crippen LogP contribution < -0.4 is 0 Å². The Balaban J connectivity index is 2.74. The zero-order valence-corrected chi connectivity index (χ0v) is 7.30. The van der Waals surface area contributed by atoms with Crippen LogP contribution in [0.2, 0.25) is 0 Å². The van der Waals surface area contributed by atoms with Crippen molar-refractivity contribution in [2.24, 2.45) is 0 Å². The highest BCUT2D eigenvalue weighted by Crippen LogP contribution is 2.10. The van der Waals surface area contributed by atoms with Crippen molar-refractivity contribution in [3.8, 4) is 0 Å². The first kappa shape index (κ1) is 8.27. The van der Waals surface area contributed by atoms with Gasteiger partial charge >= 0.3 is 5.97 Å². The molecule has 0 saturated heterocycles. The monoisotopic (exact) mass is 213 g/mol. The third-order valence-electron chi connectivity index (χ3n) is 1.26. The molecular weight excluding hydrogens is 208 g/mol. The van der Waals surface area contributed by atoms with E-state index in [1.165, 1.54) is 0 Å². The fourth-order valence-electron chi connectivity index (χ4n) is 0.769. The zero-order chi connectivity index (χ0) is 8.27. The van der Waals surface area contributed by atoms with Crippen LogP contribution in [-0.4, -0.2) is 5.97 Å². The maximum atomic E-state index is 10.1. The first-order chi connectivity index (χ1) is 5.18. The molecule has 0 atom stereocenters. The summed E-state index contributed by atoms with van der Waals surface area (Å²) in [5, 5.41) is 10.1. The molecule has 0 unspecified atom stereocenters. The minimum atomic E-state index is -1.05. The molecule has 0 aliphatic rings. The molecule has 1 rings (SSSR count). The molecule has 1 radical (unpaired) electrons. The summed E-state index contributed by atoms with van der Waals surface area (Å²) in [7, 11) is 0. The van der Waals surface area contributed by atoms with E-state index in [4.69, 9.17) is 0 Å². The van der Waals surface area contributed by atoms with Gasteiger partial charge in [-0.3, -0.25) is 0 Å². The molecule has 57 valence electrons. The van der Waals surface area contributed by atoms with Gasteiger partial charge in [-0.15, -0.1) is 0 Å². The van der Waals surface area contributed by atoms with Crippen LogP contribution in [0.4, 0.5) is 0 Å². The maximum absolute atomic E-state index is 10.1. The quantitative estimate of drug-likeness (QED) is 0.741. The summed E-state index contributed by atoms with van der Waals surface area (Å²) in [6.45, 7) is 0. The highest BCUT2D eigenvalue weighted by Gasteiger charge is 2.00. The van der Waals surface area contributed by atoms with Crippen molar-refractivity contribution in [2.45, 2.75) is 6.42 Å². The lowest BCUT2D eigenvalue weighted by Gasteiger charge is -1.94. The Hall–Kier alpha value is -0.830. The molecular formula is C8H6BrO2. The molecule has 2 nitrogen and oxygen atoms in total. The number of hydrogen-bond donors (Lipinski definition) is 0. The van der Waals surface area contributed by atoms with Crippen LogP contribution in [0.5, 0.6) is 0 Å². The molecule has 0 spiro atoms. The van der Waals surface area contributed by atoms with Crippen molar-refractivity contribution in [1.82, 2.24) is 0 Å². The highest BCUT2D eigenvalue weighted by atomic mass is 79.9. The lowest BCUT2D eigenvalue weighted by Crippen LogP contribution is -1.97. The van der Waals surface area contributed by atoms with Crippen molar-refractivity contribution in [3.63, 3.8) is 0 Å². The summed E-state index contributed by atoms with van der Waals surface area (Å²) in [4.78, 5) is 10.1. The predicted molar refractivity (Wildman–Crippen MR) is 43.5 cm³/mol. The molecule has 0 N–H and O–H groups in total. The summed E-state index contributed by atoms with van der Waals surface area (Å²) in [5.74, 6) is -1.05. The Morgan fingerprint density at radius 2 is 1.82 bits per heavy atom. The second-order valence-corrected chi connectivity index (χ2v) is 3.09. The van der Waals surface area contributed by atoms with Crippen molar-refractivity contribution >= 4 is 21.9 Å². The molecule has 0 aromatic heterocycles. The van der Waals surface area contributed by atoms with Gasteiger partial charge in [-0.2, -0.15) is 0 Å². The van der Waals surface area contributed by atoms with Crippen molar-refractivity contribution in [3.05, 3.63) is 34.3 Å². The summed E-state index contributed by atoms with van der Waals surface area (Å²) in [5.41, 5.74) is 0.758. The molecule has 0 aliphatic heterocycles. The highest BCUT2D eigenvalue weighted by molar-refractivity contribution is 9.10. The van der Waals surface area contributed by atoms with E-state index in [0.29, 0.717) is 0 Å². The Bertz CT molecular complexity index is 253. The fourth-order valence-corrected chi connectivity index (χ4v) is 1.03. The van der Waals surface area contributed by atoms with Gasteiger partial charge in [0.15, 0.2) is 0 Å². The van der Waals surface area contributed by atoms with E-state index in [9.17, 15) is 9.90 Å². The average Bonchev–Trinajstić information content (AvgIpc) is 1.93. The van der Waals surface area contributed by atoms with Gasteiger partial charge < -0.3 is 0 Å². The Morgan fingerprint density at radius 1 is 1.27 bits per heavy atom. The van der Waals surface area contributed by atoms with E-state index in [-0.39, 0.29) is 6.42 Å². The third kappa shape index (κ3) is 2.72. The van der Waals surface area contributed by atoms with E-state index in [0.717, 1.165) is 10.0 Å². The average molecular weight is 214 g/mol. The van der Waals surface area contributed by atoms with Crippen LogP contribution in [0.15, 0.2) is 28.7 Å². The standard InChI is InChI=1S/C8H6BrO2/c9-7-3-1-6(2-4-7)5-8(10)11/h1-4H,5H2. The van der Waals surface area contributed by atoms with Crippen molar-refractivity contribution in [1.29, 1.82) is 0 Å². The number of carbonyl (C=O) groups excluding carboxylic acids is 1. The number of rotatable bonds is 2. The first-order valence-electron chi connectivity index (χ1n) is 3.13. The van der Waals surface area contributed by atoms with Crippen LogP contribution in [0.1, 0.15) is 5.56 Å². The van der Waals surface area contributed by atoms with Crippen molar-refractivity contribution < 1.29 is 9.90 Å². The largest absolute Gasteiger partial charge is 0.359 e. The predicted octanol–water partition coefficient (Wildman–Crippen LogP) is 1.95. The maximum Gasteiger partial charge on any atom is 0.359 e. The fraction of sp³-hybridized carbons (Fsp3) is 0.125. The number of hydrogen-bond acceptors (Lipinski definition) is 1. The molecule has 0 aliphatic carbocycles. The lowest BCUT2D eigenvalue weighted by molar-refractivity contribution is -0.142. The SMILES string of the molecule is [O]C(=O)Cc1ccc(Br)cc1. The van der Waals surface area contributed by atoms with E-state index in [1.807, 2.05) is 0 Å². The molecule has 0 fully saturated rings. The molecule has 3 heteroatoms. The van der Waals surface area contributed by atoms with Crippen LogP contribution in [-0.2, 0) is 16.3 Å². The van der Waals surface area contributed by atoms with E-state index in [2.05, 4.69) is 15.9 Å². The Kier molecular flexibility index (Phi) is 2.65. The van der Waals surface area contributed by atoms with Gasteiger partial charge in [0.05, 0.1) is 6.42 Å². The summed E-state index contributed by atoms with van der Waals surface area (Å²) in [6.07, 6.45) is -0.0206. The third-order valence-corrected chi connectivity index (χ3v) is 1.79.